The zero-order valence-electron chi connectivity index (χ0n) is 10.3. The van der Waals surface area contributed by atoms with E-state index >= 15 is 0 Å². The Morgan fingerprint density at radius 1 is 1.37 bits per heavy atom. The van der Waals surface area contributed by atoms with Crippen molar-refractivity contribution in [2.75, 3.05) is 5.32 Å². The van der Waals surface area contributed by atoms with Gasteiger partial charge in [-0.1, -0.05) is 0 Å². The lowest BCUT2D eigenvalue weighted by Gasteiger charge is -2.15. The lowest BCUT2D eigenvalue weighted by molar-refractivity contribution is 0.628. The van der Waals surface area contributed by atoms with E-state index < -0.39 is 6.04 Å². The van der Waals surface area contributed by atoms with Crippen molar-refractivity contribution in [3.05, 3.63) is 48.3 Å². The van der Waals surface area contributed by atoms with E-state index in [-0.39, 0.29) is 5.82 Å². The zero-order valence-corrected chi connectivity index (χ0v) is 10.3. The standard InChI is InChI=1S/C14H13FN4/c15-10-1-3-11(4-2-10)18-13(7-16)14-8-17-9-19(14)12-5-6-12/h1-4,8-9,12-13,18H,5-6H2. The minimum atomic E-state index is -0.478. The number of rotatable bonds is 4. The van der Waals surface area contributed by atoms with Crippen molar-refractivity contribution in [2.45, 2.75) is 24.9 Å². The summed E-state index contributed by atoms with van der Waals surface area (Å²) in [5, 5.41) is 12.4. The molecule has 96 valence electrons. The summed E-state index contributed by atoms with van der Waals surface area (Å²) in [6.07, 6.45) is 5.75. The minimum absolute atomic E-state index is 0.290. The van der Waals surface area contributed by atoms with Crippen LogP contribution in [0.25, 0.3) is 0 Å². The van der Waals surface area contributed by atoms with E-state index in [0.717, 1.165) is 24.2 Å². The van der Waals surface area contributed by atoms with E-state index in [1.54, 1.807) is 24.7 Å². The number of hydrogen-bond donors (Lipinski definition) is 1. The molecule has 19 heavy (non-hydrogen) atoms. The number of imidazole rings is 1. The van der Waals surface area contributed by atoms with E-state index in [9.17, 15) is 9.65 Å². The van der Waals surface area contributed by atoms with Crippen molar-refractivity contribution < 1.29 is 4.39 Å². The van der Waals surface area contributed by atoms with E-state index in [2.05, 4.69) is 16.4 Å². The van der Waals surface area contributed by atoms with Crippen LogP contribution in [0.4, 0.5) is 10.1 Å². The molecule has 0 spiro atoms. The summed E-state index contributed by atoms with van der Waals surface area (Å²) in [4.78, 5) is 4.12. The fourth-order valence-electron chi connectivity index (χ4n) is 2.08. The molecule has 1 aliphatic carbocycles. The van der Waals surface area contributed by atoms with Gasteiger partial charge in [0.25, 0.3) is 0 Å². The first-order valence-corrected chi connectivity index (χ1v) is 6.21. The molecule has 0 saturated heterocycles. The van der Waals surface area contributed by atoms with E-state index in [1.165, 1.54) is 12.1 Å². The first kappa shape index (κ1) is 11.7. The number of aromatic nitrogens is 2. The molecule has 1 N–H and O–H groups in total. The van der Waals surface area contributed by atoms with Gasteiger partial charge in [-0.25, -0.2) is 9.37 Å². The molecule has 0 aliphatic heterocycles. The maximum Gasteiger partial charge on any atom is 0.156 e. The Morgan fingerprint density at radius 2 is 2.11 bits per heavy atom. The van der Waals surface area contributed by atoms with Gasteiger partial charge in [-0.2, -0.15) is 5.26 Å². The molecule has 1 aromatic heterocycles. The van der Waals surface area contributed by atoms with Crippen LogP contribution in [-0.2, 0) is 0 Å². The normalized spacial score (nSPS) is 15.8. The van der Waals surface area contributed by atoms with E-state index in [4.69, 9.17) is 0 Å². The molecular weight excluding hydrogens is 243 g/mol. The van der Waals surface area contributed by atoms with Gasteiger partial charge in [0, 0.05) is 11.7 Å². The molecule has 1 saturated carbocycles. The highest BCUT2D eigenvalue weighted by Gasteiger charge is 2.27. The number of halogens is 1. The molecule has 0 radical (unpaired) electrons. The first-order valence-electron chi connectivity index (χ1n) is 6.21. The maximum atomic E-state index is 12.9. The third-order valence-corrected chi connectivity index (χ3v) is 3.22. The summed E-state index contributed by atoms with van der Waals surface area (Å²) in [5.41, 5.74) is 1.57. The van der Waals surface area contributed by atoms with Crippen LogP contribution < -0.4 is 5.32 Å². The predicted molar refractivity (Wildman–Crippen MR) is 68.9 cm³/mol. The number of nitrogens with zero attached hydrogens (tertiary/aromatic N) is 3. The molecule has 0 bridgehead atoms. The van der Waals surface area contributed by atoms with Crippen LogP contribution >= 0.6 is 0 Å². The van der Waals surface area contributed by atoms with Crippen LogP contribution in [0.15, 0.2) is 36.8 Å². The minimum Gasteiger partial charge on any atom is -0.365 e. The number of benzene rings is 1. The lowest BCUT2D eigenvalue weighted by atomic mass is 10.2. The highest BCUT2D eigenvalue weighted by molar-refractivity contribution is 5.46. The van der Waals surface area contributed by atoms with Crippen molar-refractivity contribution in [1.82, 2.24) is 9.55 Å². The number of hydrogen-bond acceptors (Lipinski definition) is 3. The Morgan fingerprint density at radius 3 is 2.74 bits per heavy atom. The van der Waals surface area contributed by atoms with E-state index in [0.29, 0.717) is 6.04 Å². The molecule has 4 nitrogen and oxygen atoms in total. The van der Waals surface area contributed by atoms with Gasteiger partial charge in [-0.15, -0.1) is 0 Å². The van der Waals surface area contributed by atoms with Crippen molar-refractivity contribution in [1.29, 1.82) is 5.26 Å². The summed E-state index contributed by atoms with van der Waals surface area (Å²) >= 11 is 0. The second-order valence-electron chi connectivity index (χ2n) is 4.67. The van der Waals surface area contributed by atoms with Gasteiger partial charge in [0.15, 0.2) is 6.04 Å². The Bertz CT molecular complexity index is 607. The van der Waals surface area contributed by atoms with Gasteiger partial charge in [0.2, 0.25) is 0 Å². The Hall–Kier alpha value is -2.35. The van der Waals surface area contributed by atoms with E-state index in [1.807, 2.05) is 4.57 Å². The van der Waals surface area contributed by atoms with Crippen LogP contribution in [0.2, 0.25) is 0 Å². The molecule has 1 unspecified atom stereocenters. The Balaban J connectivity index is 1.82. The predicted octanol–water partition coefficient (Wildman–Crippen LogP) is 3.03. The molecular formula is C14H13FN4. The van der Waals surface area contributed by atoms with Crippen molar-refractivity contribution >= 4 is 5.69 Å². The molecule has 1 heterocycles. The summed E-state index contributed by atoms with van der Waals surface area (Å²) in [6, 6.07) is 8.21. The molecule has 1 aromatic carbocycles. The quantitative estimate of drug-likeness (QED) is 0.914. The van der Waals surface area contributed by atoms with Crippen LogP contribution in [0, 0.1) is 17.1 Å². The highest BCUT2D eigenvalue weighted by Crippen LogP contribution is 2.37. The van der Waals surface area contributed by atoms with Crippen molar-refractivity contribution in [3.8, 4) is 6.07 Å². The average Bonchev–Trinajstić information content (AvgIpc) is 3.16. The molecule has 3 rings (SSSR count). The first-order chi connectivity index (χ1) is 9.28. The largest absolute Gasteiger partial charge is 0.365 e. The van der Waals surface area contributed by atoms with Gasteiger partial charge in [-0.3, -0.25) is 0 Å². The summed E-state index contributed by atoms with van der Waals surface area (Å²) < 4.78 is 14.9. The SMILES string of the molecule is N#CC(Nc1ccc(F)cc1)c1cncn1C1CC1. The monoisotopic (exact) mass is 256 g/mol. The van der Waals surface area contributed by atoms with Gasteiger partial charge in [0.05, 0.1) is 24.3 Å². The smallest absolute Gasteiger partial charge is 0.156 e. The van der Waals surface area contributed by atoms with Gasteiger partial charge in [0.1, 0.15) is 5.82 Å². The Kier molecular flexibility index (Phi) is 2.92. The van der Waals surface area contributed by atoms with Crippen LogP contribution in [-0.4, -0.2) is 9.55 Å². The maximum absolute atomic E-state index is 12.9. The third kappa shape index (κ3) is 2.43. The van der Waals surface area contributed by atoms with Crippen molar-refractivity contribution in [2.24, 2.45) is 0 Å². The van der Waals surface area contributed by atoms with Gasteiger partial charge < -0.3 is 9.88 Å². The van der Waals surface area contributed by atoms with Gasteiger partial charge in [-0.05, 0) is 37.1 Å². The fraction of sp³-hybridized carbons (Fsp3) is 0.286. The van der Waals surface area contributed by atoms with Crippen molar-refractivity contribution in [3.63, 3.8) is 0 Å². The Labute approximate surface area is 110 Å². The highest BCUT2D eigenvalue weighted by atomic mass is 19.1. The second-order valence-corrected chi connectivity index (χ2v) is 4.67. The van der Waals surface area contributed by atoms with Crippen LogP contribution in [0.5, 0.6) is 0 Å². The topological polar surface area (TPSA) is 53.6 Å². The number of nitriles is 1. The molecule has 0 amide bonds. The lowest BCUT2D eigenvalue weighted by Crippen LogP contribution is -2.13. The molecule has 1 atom stereocenters. The molecule has 5 heteroatoms. The fourth-order valence-corrected chi connectivity index (χ4v) is 2.08. The van der Waals surface area contributed by atoms with Gasteiger partial charge >= 0.3 is 0 Å². The molecule has 2 aromatic rings. The van der Waals surface area contributed by atoms with Crippen LogP contribution in [0.3, 0.4) is 0 Å². The van der Waals surface area contributed by atoms with Crippen LogP contribution in [0.1, 0.15) is 30.6 Å². The second kappa shape index (κ2) is 4.73. The zero-order chi connectivity index (χ0) is 13.2. The average molecular weight is 256 g/mol. The summed E-state index contributed by atoms with van der Waals surface area (Å²) in [6.45, 7) is 0. The third-order valence-electron chi connectivity index (χ3n) is 3.22. The molecule has 1 fully saturated rings. The number of nitrogens with one attached hydrogen (secondary N) is 1. The summed E-state index contributed by atoms with van der Waals surface area (Å²) in [5.74, 6) is -0.290. The summed E-state index contributed by atoms with van der Waals surface area (Å²) in [7, 11) is 0. The molecule has 1 aliphatic rings. The number of anilines is 1.